The van der Waals surface area contributed by atoms with Crippen LogP contribution < -0.4 is 5.32 Å². The quantitative estimate of drug-likeness (QED) is 0.832. The van der Waals surface area contributed by atoms with Gasteiger partial charge in [-0.15, -0.1) is 0 Å². The fourth-order valence-corrected chi connectivity index (χ4v) is 3.58. The van der Waals surface area contributed by atoms with Crippen molar-refractivity contribution in [1.82, 2.24) is 5.32 Å². The molecule has 1 N–H and O–H groups in total. The second-order valence-corrected chi connectivity index (χ2v) is 7.09. The van der Waals surface area contributed by atoms with Crippen molar-refractivity contribution in [1.29, 1.82) is 0 Å². The van der Waals surface area contributed by atoms with Crippen LogP contribution in [0.25, 0.3) is 0 Å². The van der Waals surface area contributed by atoms with Crippen LogP contribution in [-0.2, 0) is 16.6 Å². The summed E-state index contributed by atoms with van der Waals surface area (Å²) in [6.45, 7) is 4.46. The monoisotopic (exact) mass is 343 g/mol. The Morgan fingerprint density at radius 1 is 1.24 bits per heavy atom. The normalized spacial score (nSPS) is 21.8. The third-order valence-corrected chi connectivity index (χ3v) is 5.40. The summed E-state index contributed by atoms with van der Waals surface area (Å²) in [5, 5.41) is 2.95. The van der Waals surface area contributed by atoms with Crippen molar-refractivity contribution < 1.29 is 13.6 Å². The Bertz CT molecular complexity index is 789. The number of aryl methyl sites for hydroxylation is 2. The van der Waals surface area contributed by atoms with E-state index >= 15 is 0 Å². The number of hydrogen-bond donors (Lipinski definition) is 1. The van der Waals surface area contributed by atoms with Crippen molar-refractivity contribution in [2.75, 3.05) is 6.54 Å². The maximum atomic E-state index is 14.1. The Morgan fingerprint density at radius 2 is 1.96 bits per heavy atom. The van der Waals surface area contributed by atoms with Crippen LogP contribution in [0.15, 0.2) is 42.5 Å². The molecule has 2 aromatic rings. The molecule has 0 spiro atoms. The second kappa shape index (κ2) is 6.95. The van der Waals surface area contributed by atoms with Gasteiger partial charge in [-0.05, 0) is 48.4 Å². The predicted molar refractivity (Wildman–Crippen MR) is 94.3 cm³/mol. The van der Waals surface area contributed by atoms with E-state index < -0.39 is 17.0 Å². The van der Waals surface area contributed by atoms with E-state index in [-0.39, 0.29) is 11.8 Å². The summed E-state index contributed by atoms with van der Waals surface area (Å²) >= 11 is 0. The zero-order valence-electron chi connectivity index (χ0n) is 14.6. The van der Waals surface area contributed by atoms with Gasteiger partial charge in [0.1, 0.15) is 11.6 Å². The molecule has 2 aromatic carbocycles. The summed E-state index contributed by atoms with van der Waals surface area (Å²) in [6.07, 6.45) is 1.89. The first-order valence-corrected chi connectivity index (χ1v) is 8.69. The molecule has 1 aliphatic carbocycles. The molecule has 0 heterocycles. The third-order valence-electron chi connectivity index (χ3n) is 5.40. The fraction of sp³-hybridized carbons (Fsp3) is 0.381. The van der Waals surface area contributed by atoms with Gasteiger partial charge in [0.25, 0.3) is 0 Å². The summed E-state index contributed by atoms with van der Waals surface area (Å²) < 4.78 is 27.3. The van der Waals surface area contributed by atoms with E-state index in [1.807, 2.05) is 38.1 Å². The van der Waals surface area contributed by atoms with Crippen LogP contribution in [0.1, 0.15) is 36.5 Å². The summed E-state index contributed by atoms with van der Waals surface area (Å²) in [7, 11) is 0. The molecule has 1 amide bonds. The summed E-state index contributed by atoms with van der Waals surface area (Å²) in [5.74, 6) is -0.876. The van der Waals surface area contributed by atoms with Crippen molar-refractivity contribution in [3.63, 3.8) is 0 Å². The van der Waals surface area contributed by atoms with Crippen molar-refractivity contribution >= 4 is 5.91 Å². The minimum atomic E-state index is -0.577. The lowest BCUT2D eigenvalue weighted by atomic mass is 9.92. The lowest BCUT2D eigenvalue weighted by molar-refractivity contribution is -0.121. The molecule has 0 aliphatic heterocycles. The van der Waals surface area contributed by atoms with Gasteiger partial charge >= 0.3 is 0 Å². The molecule has 0 saturated heterocycles. The van der Waals surface area contributed by atoms with Gasteiger partial charge in [0.05, 0.1) is 0 Å². The SMILES string of the molecule is Cc1ccccc1CCC(=O)NCC1(c2ccc(F)cc2F)CC1C. The lowest BCUT2D eigenvalue weighted by Gasteiger charge is -2.19. The fourth-order valence-electron chi connectivity index (χ4n) is 3.58. The molecule has 2 atom stereocenters. The van der Waals surface area contributed by atoms with E-state index in [1.165, 1.54) is 17.7 Å². The molecule has 25 heavy (non-hydrogen) atoms. The van der Waals surface area contributed by atoms with Crippen LogP contribution in [0.5, 0.6) is 0 Å². The van der Waals surface area contributed by atoms with Crippen LogP contribution in [0.2, 0.25) is 0 Å². The summed E-state index contributed by atoms with van der Waals surface area (Å²) in [6, 6.07) is 11.7. The Labute approximate surface area is 147 Å². The molecule has 0 radical (unpaired) electrons. The van der Waals surface area contributed by atoms with Gasteiger partial charge in [-0.2, -0.15) is 0 Å². The number of hydrogen-bond acceptors (Lipinski definition) is 1. The molecule has 1 aliphatic rings. The van der Waals surface area contributed by atoms with Crippen LogP contribution in [-0.4, -0.2) is 12.5 Å². The average molecular weight is 343 g/mol. The number of carbonyl (C=O) groups excluding carboxylic acids is 1. The van der Waals surface area contributed by atoms with Gasteiger partial charge in [0.2, 0.25) is 5.91 Å². The summed E-state index contributed by atoms with van der Waals surface area (Å²) in [5.41, 5.74) is 2.43. The Kier molecular flexibility index (Phi) is 4.89. The first kappa shape index (κ1) is 17.6. The first-order chi connectivity index (χ1) is 11.9. The zero-order chi connectivity index (χ0) is 18.0. The molecule has 1 saturated carbocycles. The highest BCUT2D eigenvalue weighted by molar-refractivity contribution is 5.76. The van der Waals surface area contributed by atoms with E-state index in [4.69, 9.17) is 0 Å². The Hall–Kier alpha value is -2.23. The molecular weight excluding hydrogens is 320 g/mol. The maximum absolute atomic E-state index is 14.1. The van der Waals surface area contributed by atoms with Crippen molar-refractivity contribution in [3.8, 4) is 0 Å². The Morgan fingerprint density at radius 3 is 2.60 bits per heavy atom. The highest BCUT2D eigenvalue weighted by Gasteiger charge is 2.53. The number of carbonyl (C=O) groups is 1. The van der Waals surface area contributed by atoms with Gasteiger partial charge in [0, 0.05) is 24.4 Å². The molecule has 0 bridgehead atoms. The zero-order valence-corrected chi connectivity index (χ0v) is 14.6. The molecule has 2 unspecified atom stereocenters. The highest BCUT2D eigenvalue weighted by Crippen LogP contribution is 2.54. The molecular formula is C21H23F2NO. The molecule has 3 rings (SSSR count). The molecule has 4 heteroatoms. The van der Waals surface area contributed by atoms with Crippen LogP contribution in [0.3, 0.4) is 0 Å². The lowest BCUT2D eigenvalue weighted by Crippen LogP contribution is -2.34. The van der Waals surface area contributed by atoms with Gasteiger partial charge in [-0.1, -0.05) is 37.3 Å². The van der Waals surface area contributed by atoms with Gasteiger partial charge < -0.3 is 5.32 Å². The standard InChI is InChI=1S/C21H23F2NO/c1-14-5-3-4-6-16(14)7-10-20(25)24-13-21(12-15(21)2)18-9-8-17(22)11-19(18)23/h3-6,8-9,11,15H,7,10,12-13H2,1-2H3,(H,24,25). The number of halogens is 2. The molecule has 0 aromatic heterocycles. The van der Waals surface area contributed by atoms with E-state index in [0.717, 1.165) is 18.1 Å². The largest absolute Gasteiger partial charge is 0.355 e. The minimum Gasteiger partial charge on any atom is -0.355 e. The summed E-state index contributed by atoms with van der Waals surface area (Å²) in [4.78, 5) is 12.2. The number of benzene rings is 2. The van der Waals surface area contributed by atoms with E-state index in [2.05, 4.69) is 5.32 Å². The van der Waals surface area contributed by atoms with Crippen molar-refractivity contribution in [3.05, 3.63) is 70.8 Å². The van der Waals surface area contributed by atoms with Crippen LogP contribution >= 0.6 is 0 Å². The first-order valence-electron chi connectivity index (χ1n) is 8.69. The predicted octanol–water partition coefficient (Wildman–Crippen LogP) is 4.30. The molecule has 1 fully saturated rings. The third kappa shape index (κ3) is 3.73. The highest BCUT2D eigenvalue weighted by atomic mass is 19.1. The average Bonchev–Trinajstić information content (AvgIpc) is 3.23. The van der Waals surface area contributed by atoms with Gasteiger partial charge in [0.15, 0.2) is 0 Å². The maximum Gasteiger partial charge on any atom is 0.220 e. The second-order valence-electron chi connectivity index (χ2n) is 7.09. The molecule has 132 valence electrons. The van der Waals surface area contributed by atoms with Crippen LogP contribution in [0.4, 0.5) is 8.78 Å². The van der Waals surface area contributed by atoms with Gasteiger partial charge in [-0.25, -0.2) is 8.78 Å². The Balaban J connectivity index is 1.60. The van der Waals surface area contributed by atoms with E-state index in [1.54, 1.807) is 0 Å². The topological polar surface area (TPSA) is 29.1 Å². The van der Waals surface area contributed by atoms with Crippen LogP contribution in [0, 0.1) is 24.5 Å². The van der Waals surface area contributed by atoms with E-state index in [9.17, 15) is 13.6 Å². The number of rotatable bonds is 6. The number of amides is 1. The number of nitrogens with one attached hydrogen (secondary N) is 1. The van der Waals surface area contributed by atoms with Crippen molar-refractivity contribution in [2.45, 2.75) is 38.5 Å². The van der Waals surface area contributed by atoms with Crippen molar-refractivity contribution in [2.24, 2.45) is 5.92 Å². The van der Waals surface area contributed by atoms with Gasteiger partial charge in [-0.3, -0.25) is 4.79 Å². The van der Waals surface area contributed by atoms with E-state index in [0.29, 0.717) is 24.9 Å². The minimum absolute atomic E-state index is 0.0377. The smallest absolute Gasteiger partial charge is 0.220 e. The molecule has 2 nitrogen and oxygen atoms in total.